The fourth-order valence-corrected chi connectivity index (χ4v) is 3.27. The summed E-state index contributed by atoms with van der Waals surface area (Å²) in [6.45, 7) is 9.95. The van der Waals surface area contributed by atoms with Gasteiger partial charge in [-0.15, -0.1) is 0 Å². The van der Waals surface area contributed by atoms with Crippen LogP contribution in [0.4, 0.5) is 15.8 Å². The largest absolute Gasteiger partial charge is 0.354 e. The topological polar surface area (TPSA) is 37.8 Å². The maximum absolute atomic E-state index is 14.3. The molecule has 152 valence electrons. The van der Waals surface area contributed by atoms with Gasteiger partial charge in [0.25, 0.3) is 0 Å². The van der Waals surface area contributed by atoms with Gasteiger partial charge < -0.3 is 5.32 Å². The molecular formula is C25H23ClFN3. The molecule has 2 aromatic carbocycles. The van der Waals surface area contributed by atoms with Gasteiger partial charge in [0, 0.05) is 45.3 Å². The number of pyridine rings is 2. The quantitative estimate of drug-likeness (QED) is 0.365. The molecule has 30 heavy (non-hydrogen) atoms. The highest BCUT2D eigenvalue weighted by Gasteiger charge is 2.13. The van der Waals surface area contributed by atoms with Crippen LogP contribution in [0, 0.1) is 5.82 Å². The normalized spacial score (nSPS) is 10.3. The molecule has 0 aliphatic rings. The molecule has 0 saturated heterocycles. The highest BCUT2D eigenvalue weighted by Crippen LogP contribution is 2.33. The van der Waals surface area contributed by atoms with Crippen LogP contribution in [0.1, 0.15) is 26.3 Å². The van der Waals surface area contributed by atoms with E-state index in [-0.39, 0.29) is 5.82 Å². The average Bonchev–Trinajstić information content (AvgIpc) is 2.77. The zero-order valence-electron chi connectivity index (χ0n) is 17.2. The van der Waals surface area contributed by atoms with Gasteiger partial charge in [0.1, 0.15) is 5.82 Å². The summed E-state index contributed by atoms with van der Waals surface area (Å²) in [5.74, 6) is -0.375. The van der Waals surface area contributed by atoms with Crippen LogP contribution < -0.4 is 5.32 Å². The summed E-state index contributed by atoms with van der Waals surface area (Å²) < 4.78 is 14.3. The molecular weight excluding hydrogens is 397 g/mol. The van der Waals surface area contributed by atoms with E-state index in [2.05, 4.69) is 21.9 Å². The van der Waals surface area contributed by atoms with E-state index in [1.807, 2.05) is 57.2 Å². The summed E-state index contributed by atoms with van der Waals surface area (Å²) in [5, 5.41) is 4.89. The minimum atomic E-state index is -0.375. The second kappa shape index (κ2) is 9.51. The third-order valence-corrected chi connectivity index (χ3v) is 4.72. The number of aromatic nitrogens is 2. The van der Waals surface area contributed by atoms with Gasteiger partial charge in [-0.1, -0.05) is 38.1 Å². The number of rotatable bonds is 4. The highest BCUT2D eigenvalue weighted by molar-refractivity contribution is 6.30. The van der Waals surface area contributed by atoms with E-state index >= 15 is 0 Å². The summed E-state index contributed by atoms with van der Waals surface area (Å²) in [4.78, 5) is 8.82. The van der Waals surface area contributed by atoms with Crippen molar-refractivity contribution in [2.24, 2.45) is 0 Å². The lowest BCUT2D eigenvalue weighted by Crippen LogP contribution is -1.99. The molecule has 0 aliphatic carbocycles. The Balaban J connectivity index is 0.00000124. The zero-order chi connectivity index (χ0) is 21.7. The second-order valence-corrected chi connectivity index (χ2v) is 6.96. The Labute approximate surface area is 181 Å². The van der Waals surface area contributed by atoms with Gasteiger partial charge in [0.05, 0.1) is 11.2 Å². The average molecular weight is 420 g/mol. The Hall–Kier alpha value is -3.24. The molecule has 2 heterocycles. The molecule has 0 unspecified atom stereocenters. The maximum atomic E-state index is 14.3. The van der Waals surface area contributed by atoms with Crippen molar-refractivity contribution in [3.8, 4) is 11.3 Å². The minimum Gasteiger partial charge on any atom is -0.354 e. The molecule has 4 rings (SSSR count). The Morgan fingerprint density at radius 1 is 1.00 bits per heavy atom. The Morgan fingerprint density at radius 3 is 2.57 bits per heavy atom. The fraction of sp³-hybridized carbons (Fsp3) is 0.120. The second-order valence-electron chi connectivity index (χ2n) is 6.52. The van der Waals surface area contributed by atoms with Crippen molar-refractivity contribution in [1.82, 2.24) is 9.97 Å². The predicted molar refractivity (Wildman–Crippen MR) is 126 cm³/mol. The van der Waals surface area contributed by atoms with Crippen LogP contribution in [0.3, 0.4) is 0 Å². The van der Waals surface area contributed by atoms with Gasteiger partial charge in [-0.25, -0.2) is 4.39 Å². The molecule has 0 aliphatic heterocycles. The molecule has 5 heteroatoms. The Bertz CT molecular complexity index is 1200. The van der Waals surface area contributed by atoms with Crippen molar-refractivity contribution >= 4 is 39.5 Å². The maximum Gasteiger partial charge on any atom is 0.132 e. The van der Waals surface area contributed by atoms with Crippen LogP contribution in [-0.2, 0) is 0 Å². The van der Waals surface area contributed by atoms with Crippen LogP contribution >= 0.6 is 11.6 Å². The van der Waals surface area contributed by atoms with Crippen molar-refractivity contribution in [2.45, 2.75) is 20.8 Å². The van der Waals surface area contributed by atoms with Crippen LogP contribution in [0.5, 0.6) is 0 Å². The number of fused-ring (bicyclic) bond motifs is 1. The lowest BCUT2D eigenvalue weighted by Gasteiger charge is -2.15. The van der Waals surface area contributed by atoms with Gasteiger partial charge in [-0.2, -0.15) is 0 Å². The van der Waals surface area contributed by atoms with E-state index in [1.165, 1.54) is 12.1 Å². The van der Waals surface area contributed by atoms with E-state index in [0.717, 1.165) is 33.4 Å². The van der Waals surface area contributed by atoms with Crippen molar-refractivity contribution in [3.63, 3.8) is 0 Å². The third-order valence-electron chi connectivity index (χ3n) is 4.48. The van der Waals surface area contributed by atoms with E-state index in [9.17, 15) is 4.39 Å². The zero-order valence-corrected chi connectivity index (χ0v) is 18.0. The molecule has 0 saturated carbocycles. The van der Waals surface area contributed by atoms with Gasteiger partial charge in [-0.3, -0.25) is 9.97 Å². The van der Waals surface area contributed by atoms with Crippen LogP contribution in [-0.4, -0.2) is 9.97 Å². The van der Waals surface area contributed by atoms with Crippen molar-refractivity contribution < 1.29 is 4.39 Å². The standard InChI is InChI=1S/C23H17ClFN3.C2H6/c1-14(2)18-13-27-22(17-11-15(24)8-9-19(17)25)12-23(18)28-21-7-3-6-20-16(21)5-4-10-26-20;1-2/h3-13H,1H2,2H3,(H,27,28);1-2H3. The lowest BCUT2D eigenvalue weighted by atomic mass is 10.0. The predicted octanol–water partition coefficient (Wildman–Crippen LogP) is 7.89. The molecule has 2 aromatic heterocycles. The molecule has 1 N–H and O–H groups in total. The van der Waals surface area contributed by atoms with Gasteiger partial charge in [0.15, 0.2) is 0 Å². The first-order chi connectivity index (χ1) is 14.5. The van der Waals surface area contributed by atoms with E-state index in [1.54, 1.807) is 18.5 Å². The molecule has 0 fully saturated rings. The molecule has 4 aromatic rings. The first kappa shape index (κ1) is 21.5. The smallest absolute Gasteiger partial charge is 0.132 e. The first-order valence-corrected chi connectivity index (χ1v) is 10.1. The summed E-state index contributed by atoms with van der Waals surface area (Å²) in [7, 11) is 0. The van der Waals surface area contributed by atoms with Crippen molar-refractivity contribution in [2.75, 3.05) is 5.32 Å². The fourth-order valence-electron chi connectivity index (χ4n) is 3.10. The van der Waals surface area contributed by atoms with Crippen molar-refractivity contribution in [1.29, 1.82) is 0 Å². The van der Waals surface area contributed by atoms with Gasteiger partial charge in [0.2, 0.25) is 0 Å². The summed E-state index contributed by atoms with van der Waals surface area (Å²) in [6.07, 6.45) is 3.46. The first-order valence-electron chi connectivity index (χ1n) is 9.75. The molecule has 0 atom stereocenters. The lowest BCUT2D eigenvalue weighted by molar-refractivity contribution is 0.631. The van der Waals surface area contributed by atoms with Crippen LogP contribution in [0.2, 0.25) is 5.02 Å². The number of hydrogen-bond acceptors (Lipinski definition) is 3. The number of halogens is 2. The summed E-state index contributed by atoms with van der Waals surface area (Å²) in [6, 6.07) is 16.0. The monoisotopic (exact) mass is 419 g/mol. The Morgan fingerprint density at radius 2 is 1.80 bits per heavy atom. The van der Waals surface area contributed by atoms with Gasteiger partial charge >= 0.3 is 0 Å². The number of nitrogens with one attached hydrogen (secondary N) is 1. The highest BCUT2D eigenvalue weighted by atomic mass is 35.5. The summed E-state index contributed by atoms with van der Waals surface area (Å²) >= 11 is 6.05. The van der Waals surface area contributed by atoms with Crippen LogP contribution in [0.15, 0.2) is 73.6 Å². The summed E-state index contributed by atoms with van der Waals surface area (Å²) in [5.41, 5.74) is 5.12. The number of anilines is 2. The number of allylic oxidation sites excluding steroid dienone is 1. The van der Waals surface area contributed by atoms with Gasteiger partial charge in [-0.05, 0) is 61.0 Å². The minimum absolute atomic E-state index is 0.350. The van der Waals surface area contributed by atoms with E-state index < -0.39 is 0 Å². The van der Waals surface area contributed by atoms with E-state index in [0.29, 0.717) is 16.3 Å². The molecule has 0 radical (unpaired) electrons. The molecule has 0 bridgehead atoms. The number of benzene rings is 2. The third kappa shape index (κ3) is 4.50. The number of nitrogens with zero attached hydrogens (tertiary/aromatic N) is 2. The molecule has 0 spiro atoms. The number of hydrogen-bond donors (Lipinski definition) is 1. The van der Waals surface area contributed by atoms with E-state index in [4.69, 9.17) is 11.6 Å². The molecule has 3 nitrogen and oxygen atoms in total. The van der Waals surface area contributed by atoms with Crippen molar-refractivity contribution in [3.05, 3.63) is 90.0 Å². The SMILES string of the molecule is C=C(C)c1cnc(-c2cc(Cl)ccc2F)cc1Nc1cccc2ncccc12.CC. The Kier molecular flexibility index (Phi) is 6.80. The van der Waals surface area contributed by atoms with Crippen LogP contribution in [0.25, 0.3) is 27.7 Å². The molecule has 0 amide bonds.